The fraction of sp³-hybridized carbons (Fsp3) is 0.867. The minimum atomic E-state index is -0.782. The molecule has 1 N–H and O–H groups in total. The van der Waals surface area contributed by atoms with Crippen molar-refractivity contribution in [1.29, 1.82) is 0 Å². The van der Waals surface area contributed by atoms with E-state index >= 15 is 0 Å². The zero-order valence-corrected chi connectivity index (χ0v) is 13.0. The molecule has 0 bridgehead atoms. The number of carboxylic acid groups (broad SMARTS) is 1. The van der Waals surface area contributed by atoms with Crippen LogP contribution in [0.2, 0.25) is 0 Å². The number of nitrogens with zero attached hydrogens (tertiary/aromatic N) is 2. The predicted octanol–water partition coefficient (Wildman–Crippen LogP) is 1.82. The van der Waals surface area contributed by atoms with Gasteiger partial charge < -0.3 is 14.9 Å². The summed E-state index contributed by atoms with van der Waals surface area (Å²) in [5, 5.41) is 9.06. The Kier molecular flexibility index (Phi) is 6.46. The van der Waals surface area contributed by atoms with Gasteiger partial charge in [-0.05, 0) is 45.3 Å². The number of carbonyl (C=O) groups excluding carboxylic acids is 1. The van der Waals surface area contributed by atoms with E-state index in [1.54, 1.807) is 4.90 Å². The Hall–Kier alpha value is -1.10. The lowest BCUT2D eigenvalue weighted by Crippen LogP contribution is -2.35. The van der Waals surface area contributed by atoms with E-state index in [4.69, 9.17) is 5.11 Å². The molecule has 0 aromatic rings. The minimum Gasteiger partial charge on any atom is -0.481 e. The highest BCUT2D eigenvalue weighted by Crippen LogP contribution is 2.44. The van der Waals surface area contributed by atoms with Gasteiger partial charge in [0.15, 0.2) is 0 Å². The van der Waals surface area contributed by atoms with Crippen molar-refractivity contribution in [2.24, 2.45) is 5.41 Å². The fourth-order valence-electron chi connectivity index (χ4n) is 3.07. The van der Waals surface area contributed by atoms with Crippen molar-refractivity contribution in [3.8, 4) is 0 Å². The molecule has 0 aromatic carbocycles. The molecule has 1 fully saturated rings. The monoisotopic (exact) mass is 284 g/mol. The van der Waals surface area contributed by atoms with E-state index in [0.29, 0.717) is 6.42 Å². The van der Waals surface area contributed by atoms with Gasteiger partial charge in [0.1, 0.15) is 0 Å². The summed E-state index contributed by atoms with van der Waals surface area (Å²) < 4.78 is 0. The highest BCUT2D eigenvalue weighted by molar-refractivity contribution is 5.78. The molecule has 0 atom stereocenters. The standard InChI is InChI=1S/C15H28N2O3/c1-16(2)9-6-10-17(3)13(18)11-15(12-14(19)20)7-4-5-8-15/h4-12H2,1-3H3,(H,19,20). The third-order valence-electron chi connectivity index (χ3n) is 4.24. The van der Waals surface area contributed by atoms with Crippen LogP contribution in [0.15, 0.2) is 0 Å². The molecule has 0 radical (unpaired) electrons. The number of hydrogen-bond acceptors (Lipinski definition) is 3. The Morgan fingerprint density at radius 1 is 1.05 bits per heavy atom. The Balaban J connectivity index is 2.47. The maximum absolute atomic E-state index is 12.3. The molecule has 0 saturated heterocycles. The quantitative estimate of drug-likeness (QED) is 0.738. The lowest BCUT2D eigenvalue weighted by atomic mass is 9.79. The molecular weight excluding hydrogens is 256 g/mol. The molecule has 0 aromatic heterocycles. The van der Waals surface area contributed by atoms with Crippen LogP contribution in [0.3, 0.4) is 0 Å². The highest BCUT2D eigenvalue weighted by atomic mass is 16.4. The van der Waals surface area contributed by atoms with Gasteiger partial charge in [0.05, 0.1) is 6.42 Å². The lowest BCUT2D eigenvalue weighted by molar-refractivity contribution is -0.141. The maximum atomic E-state index is 12.3. The first-order chi connectivity index (χ1) is 9.34. The molecule has 0 heterocycles. The van der Waals surface area contributed by atoms with Crippen LogP contribution in [0.5, 0.6) is 0 Å². The normalized spacial score (nSPS) is 17.4. The van der Waals surface area contributed by atoms with Crippen LogP contribution in [-0.2, 0) is 9.59 Å². The van der Waals surface area contributed by atoms with Crippen LogP contribution in [0.25, 0.3) is 0 Å². The Morgan fingerprint density at radius 2 is 1.65 bits per heavy atom. The number of aliphatic carboxylic acids is 1. The van der Waals surface area contributed by atoms with Gasteiger partial charge in [-0.25, -0.2) is 0 Å². The van der Waals surface area contributed by atoms with E-state index in [1.165, 1.54) is 0 Å². The molecule has 20 heavy (non-hydrogen) atoms. The molecule has 0 aliphatic heterocycles. The average molecular weight is 284 g/mol. The van der Waals surface area contributed by atoms with Crippen molar-refractivity contribution >= 4 is 11.9 Å². The van der Waals surface area contributed by atoms with Crippen LogP contribution in [0, 0.1) is 5.41 Å². The number of amides is 1. The molecule has 5 heteroatoms. The first-order valence-corrected chi connectivity index (χ1v) is 7.45. The number of carboxylic acids is 1. The summed E-state index contributed by atoms with van der Waals surface area (Å²) in [5.41, 5.74) is -0.293. The third-order valence-corrected chi connectivity index (χ3v) is 4.24. The summed E-state index contributed by atoms with van der Waals surface area (Å²) in [5.74, 6) is -0.693. The van der Waals surface area contributed by atoms with Crippen molar-refractivity contribution in [3.63, 3.8) is 0 Å². The molecule has 1 saturated carbocycles. The van der Waals surface area contributed by atoms with Gasteiger partial charge in [-0.2, -0.15) is 0 Å². The van der Waals surface area contributed by atoms with Gasteiger partial charge in [0.2, 0.25) is 5.91 Å². The average Bonchev–Trinajstić information content (AvgIpc) is 2.75. The van der Waals surface area contributed by atoms with Crippen molar-refractivity contribution in [2.45, 2.75) is 44.9 Å². The molecule has 116 valence electrons. The van der Waals surface area contributed by atoms with E-state index in [9.17, 15) is 9.59 Å². The second-order valence-electron chi connectivity index (χ2n) is 6.43. The summed E-state index contributed by atoms with van der Waals surface area (Å²) in [6.45, 7) is 1.69. The Labute approximate surface area is 121 Å². The van der Waals surface area contributed by atoms with E-state index in [0.717, 1.165) is 45.2 Å². The SMILES string of the molecule is CN(C)CCCN(C)C(=O)CC1(CC(=O)O)CCCC1. The van der Waals surface area contributed by atoms with Gasteiger partial charge in [-0.15, -0.1) is 0 Å². The topological polar surface area (TPSA) is 60.9 Å². The van der Waals surface area contributed by atoms with Gasteiger partial charge in [-0.3, -0.25) is 9.59 Å². The predicted molar refractivity (Wildman–Crippen MR) is 78.6 cm³/mol. The van der Waals surface area contributed by atoms with Crippen LogP contribution < -0.4 is 0 Å². The molecule has 1 aliphatic rings. The second kappa shape index (κ2) is 7.62. The zero-order valence-electron chi connectivity index (χ0n) is 13.0. The molecule has 1 aliphatic carbocycles. The van der Waals surface area contributed by atoms with Gasteiger partial charge in [0.25, 0.3) is 0 Å². The Morgan fingerprint density at radius 3 is 2.15 bits per heavy atom. The number of hydrogen-bond donors (Lipinski definition) is 1. The van der Waals surface area contributed by atoms with Crippen molar-refractivity contribution in [1.82, 2.24) is 9.80 Å². The minimum absolute atomic E-state index is 0.0897. The van der Waals surface area contributed by atoms with Crippen molar-refractivity contribution in [3.05, 3.63) is 0 Å². The van der Waals surface area contributed by atoms with E-state index in [1.807, 2.05) is 21.1 Å². The summed E-state index contributed by atoms with van der Waals surface area (Å²) in [6.07, 6.45) is 5.30. The second-order valence-corrected chi connectivity index (χ2v) is 6.43. The lowest BCUT2D eigenvalue weighted by Gasteiger charge is -2.29. The molecule has 1 rings (SSSR count). The smallest absolute Gasteiger partial charge is 0.303 e. The summed E-state index contributed by atoms with van der Waals surface area (Å²) in [6, 6.07) is 0. The zero-order chi connectivity index (χ0) is 15.2. The maximum Gasteiger partial charge on any atom is 0.303 e. The summed E-state index contributed by atoms with van der Waals surface area (Å²) in [4.78, 5) is 27.2. The van der Waals surface area contributed by atoms with Crippen molar-refractivity contribution in [2.75, 3.05) is 34.2 Å². The Bertz CT molecular complexity index is 336. The van der Waals surface area contributed by atoms with Crippen LogP contribution in [0.4, 0.5) is 0 Å². The summed E-state index contributed by atoms with van der Waals surface area (Å²) in [7, 11) is 5.85. The first kappa shape index (κ1) is 17.0. The van der Waals surface area contributed by atoms with Gasteiger partial charge >= 0.3 is 5.97 Å². The largest absolute Gasteiger partial charge is 0.481 e. The first-order valence-electron chi connectivity index (χ1n) is 7.45. The van der Waals surface area contributed by atoms with E-state index < -0.39 is 5.97 Å². The van der Waals surface area contributed by atoms with Crippen molar-refractivity contribution < 1.29 is 14.7 Å². The van der Waals surface area contributed by atoms with E-state index in [-0.39, 0.29) is 17.7 Å². The molecule has 1 amide bonds. The fourth-order valence-corrected chi connectivity index (χ4v) is 3.07. The molecular formula is C15H28N2O3. The molecule has 5 nitrogen and oxygen atoms in total. The summed E-state index contributed by atoms with van der Waals surface area (Å²) >= 11 is 0. The molecule has 0 spiro atoms. The third kappa shape index (κ3) is 5.49. The van der Waals surface area contributed by atoms with Crippen LogP contribution >= 0.6 is 0 Å². The van der Waals surface area contributed by atoms with Gasteiger partial charge in [-0.1, -0.05) is 12.8 Å². The van der Waals surface area contributed by atoms with Gasteiger partial charge in [0, 0.05) is 20.0 Å². The van der Waals surface area contributed by atoms with E-state index in [2.05, 4.69) is 4.90 Å². The highest BCUT2D eigenvalue weighted by Gasteiger charge is 2.38. The molecule has 0 unspecified atom stereocenters. The number of carbonyl (C=O) groups is 2. The van der Waals surface area contributed by atoms with Crippen LogP contribution in [-0.4, -0.2) is 61.0 Å². The number of rotatable bonds is 8. The van der Waals surface area contributed by atoms with Crippen LogP contribution in [0.1, 0.15) is 44.9 Å².